The first-order valence-electron chi connectivity index (χ1n) is 4.75. The number of rotatable bonds is 3. The van der Waals surface area contributed by atoms with Gasteiger partial charge in [0.15, 0.2) is 0 Å². The summed E-state index contributed by atoms with van der Waals surface area (Å²) in [4.78, 5) is 0. The van der Waals surface area contributed by atoms with Gasteiger partial charge >= 0.3 is 0 Å². The molecule has 0 nitrogen and oxygen atoms in total. The summed E-state index contributed by atoms with van der Waals surface area (Å²) in [6.45, 7) is 4.50. The molecule has 0 saturated heterocycles. The molecular weight excluding hydrogens is 168 g/mol. The fourth-order valence-electron chi connectivity index (χ4n) is 1.36. The Morgan fingerprint density at radius 2 is 2.00 bits per heavy atom. The lowest BCUT2D eigenvalue weighted by molar-refractivity contribution is 0.586. The van der Waals surface area contributed by atoms with Gasteiger partial charge in [-0.25, -0.2) is 0 Å². The first-order valence-corrected chi connectivity index (χ1v) is 5.13. The van der Waals surface area contributed by atoms with Crippen molar-refractivity contribution in [2.75, 3.05) is 0 Å². The zero-order valence-electron chi connectivity index (χ0n) is 7.94. The summed E-state index contributed by atoms with van der Waals surface area (Å²) < 4.78 is 0. The molecule has 68 valence electrons. The predicted octanol–water partition coefficient (Wildman–Crippen LogP) is 4.27. The Bertz CT molecular complexity index is 199. The van der Waals surface area contributed by atoms with Crippen molar-refractivity contribution < 1.29 is 0 Å². The van der Waals surface area contributed by atoms with Crippen molar-refractivity contribution in [2.45, 2.75) is 39.5 Å². The zero-order valence-corrected chi connectivity index (χ0v) is 8.69. The molecule has 0 fully saturated rings. The van der Waals surface area contributed by atoms with Gasteiger partial charge in [0.25, 0.3) is 0 Å². The van der Waals surface area contributed by atoms with Gasteiger partial charge in [-0.15, -0.1) is 0 Å². The van der Waals surface area contributed by atoms with Gasteiger partial charge in [-0.3, -0.25) is 0 Å². The Balaban J connectivity index is 2.41. The highest BCUT2D eigenvalue weighted by Crippen LogP contribution is 2.26. The van der Waals surface area contributed by atoms with E-state index in [0.29, 0.717) is 0 Å². The minimum atomic E-state index is 0.775. The predicted molar refractivity (Wildman–Crippen MR) is 55.3 cm³/mol. The number of allylic oxidation sites excluding steroid dienone is 4. The van der Waals surface area contributed by atoms with Gasteiger partial charge < -0.3 is 0 Å². The minimum Gasteiger partial charge on any atom is -0.0844 e. The van der Waals surface area contributed by atoms with Gasteiger partial charge in [-0.1, -0.05) is 37.6 Å². The van der Waals surface area contributed by atoms with E-state index in [1.807, 2.05) is 0 Å². The fraction of sp³-hybridized carbons (Fsp3) is 0.636. The molecule has 0 heterocycles. The molecule has 0 aromatic carbocycles. The van der Waals surface area contributed by atoms with Crippen LogP contribution in [0.5, 0.6) is 0 Å². The third-order valence-electron chi connectivity index (χ3n) is 2.18. The van der Waals surface area contributed by atoms with Gasteiger partial charge in [0.2, 0.25) is 0 Å². The van der Waals surface area contributed by atoms with Gasteiger partial charge in [0.1, 0.15) is 0 Å². The van der Waals surface area contributed by atoms with Crippen LogP contribution in [0.3, 0.4) is 0 Å². The van der Waals surface area contributed by atoms with Crippen molar-refractivity contribution in [2.24, 2.45) is 5.92 Å². The van der Waals surface area contributed by atoms with E-state index in [2.05, 4.69) is 26.0 Å². The van der Waals surface area contributed by atoms with Crippen LogP contribution in [0.25, 0.3) is 0 Å². The highest BCUT2D eigenvalue weighted by molar-refractivity contribution is 6.32. The molecule has 12 heavy (non-hydrogen) atoms. The lowest BCUT2D eigenvalue weighted by Crippen LogP contribution is -1.93. The molecule has 0 aromatic rings. The normalized spacial score (nSPS) is 17.7. The van der Waals surface area contributed by atoms with Crippen LogP contribution in [0.2, 0.25) is 0 Å². The van der Waals surface area contributed by atoms with E-state index >= 15 is 0 Å². The third-order valence-corrected chi connectivity index (χ3v) is 2.58. The van der Waals surface area contributed by atoms with Gasteiger partial charge in [0.05, 0.1) is 0 Å². The van der Waals surface area contributed by atoms with Crippen molar-refractivity contribution in [3.63, 3.8) is 0 Å². The molecule has 0 unspecified atom stereocenters. The van der Waals surface area contributed by atoms with E-state index in [9.17, 15) is 0 Å². The van der Waals surface area contributed by atoms with Gasteiger partial charge in [-0.05, 0) is 37.2 Å². The highest BCUT2D eigenvalue weighted by atomic mass is 35.5. The monoisotopic (exact) mass is 184 g/mol. The molecule has 0 bridgehead atoms. The molecule has 0 atom stereocenters. The Morgan fingerprint density at radius 3 is 2.58 bits per heavy atom. The summed E-state index contributed by atoms with van der Waals surface area (Å²) in [5.41, 5.74) is 1.36. The molecule has 0 saturated carbocycles. The number of halogens is 1. The topological polar surface area (TPSA) is 0 Å². The van der Waals surface area contributed by atoms with E-state index in [1.54, 1.807) is 0 Å². The molecule has 1 aliphatic carbocycles. The molecule has 0 aliphatic heterocycles. The molecule has 0 radical (unpaired) electrons. The van der Waals surface area contributed by atoms with Crippen LogP contribution in [0.4, 0.5) is 0 Å². The molecular formula is C11H17Cl. The zero-order chi connectivity index (χ0) is 8.97. The maximum atomic E-state index is 6.06. The smallest absolute Gasteiger partial charge is 0.0395 e. The Kier molecular flexibility index (Phi) is 3.87. The Hall–Kier alpha value is -0.230. The van der Waals surface area contributed by atoms with E-state index in [0.717, 1.165) is 23.8 Å². The maximum Gasteiger partial charge on any atom is 0.0395 e. The summed E-state index contributed by atoms with van der Waals surface area (Å²) >= 11 is 6.06. The minimum absolute atomic E-state index is 0.775. The van der Waals surface area contributed by atoms with Crippen LogP contribution in [-0.2, 0) is 0 Å². The maximum absolute atomic E-state index is 6.06. The lowest BCUT2D eigenvalue weighted by atomic mass is 9.98. The molecule has 0 N–H and O–H groups in total. The fourth-order valence-corrected chi connectivity index (χ4v) is 1.64. The van der Waals surface area contributed by atoms with E-state index < -0.39 is 0 Å². The molecule has 0 amide bonds. The molecule has 1 rings (SSSR count). The molecule has 1 aliphatic rings. The van der Waals surface area contributed by atoms with Crippen LogP contribution in [0.1, 0.15) is 39.5 Å². The molecule has 0 spiro atoms. The quantitative estimate of drug-likeness (QED) is 0.615. The highest BCUT2D eigenvalue weighted by Gasteiger charge is 2.06. The Labute approximate surface area is 80.3 Å². The van der Waals surface area contributed by atoms with Crippen molar-refractivity contribution in [3.05, 3.63) is 22.8 Å². The van der Waals surface area contributed by atoms with Crippen LogP contribution >= 0.6 is 11.6 Å². The average molecular weight is 185 g/mol. The second-order valence-corrected chi connectivity index (χ2v) is 4.20. The molecule has 1 heteroatoms. The van der Waals surface area contributed by atoms with Crippen LogP contribution in [0.15, 0.2) is 22.8 Å². The lowest BCUT2D eigenvalue weighted by Gasteiger charge is -2.11. The van der Waals surface area contributed by atoms with Gasteiger partial charge in [-0.2, -0.15) is 0 Å². The van der Waals surface area contributed by atoms with Crippen LogP contribution in [-0.4, -0.2) is 0 Å². The number of hydrogen-bond donors (Lipinski definition) is 0. The van der Waals surface area contributed by atoms with Crippen LogP contribution in [0, 0.1) is 5.92 Å². The SMILES string of the molecule is CC(C)CCC1=CCCC=C1Cl. The van der Waals surface area contributed by atoms with E-state index in [4.69, 9.17) is 11.6 Å². The molecule has 0 aromatic heterocycles. The first-order chi connectivity index (χ1) is 5.70. The van der Waals surface area contributed by atoms with Crippen molar-refractivity contribution in [3.8, 4) is 0 Å². The van der Waals surface area contributed by atoms with Crippen LogP contribution < -0.4 is 0 Å². The van der Waals surface area contributed by atoms with Gasteiger partial charge in [0, 0.05) is 5.03 Å². The summed E-state index contributed by atoms with van der Waals surface area (Å²) in [5, 5.41) is 0.988. The largest absolute Gasteiger partial charge is 0.0844 e. The first kappa shape index (κ1) is 9.85. The summed E-state index contributed by atoms with van der Waals surface area (Å²) in [5.74, 6) is 0.775. The third kappa shape index (κ3) is 3.02. The van der Waals surface area contributed by atoms with E-state index in [-0.39, 0.29) is 0 Å². The second-order valence-electron chi connectivity index (χ2n) is 3.79. The summed E-state index contributed by atoms with van der Waals surface area (Å²) in [6.07, 6.45) is 9.10. The summed E-state index contributed by atoms with van der Waals surface area (Å²) in [6, 6.07) is 0. The second kappa shape index (κ2) is 4.71. The van der Waals surface area contributed by atoms with E-state index in [1.165, 1.54) is 18.4 Å². The average Bonchev–Trinajstić information content (AvgIpc) is 2.03. The Morgan fingerprint density at radius 1 is 1.33 bits per heavy atom. The van der Waals surface area contributed by atoms with Crippen molar-refractivity contribution in [1.29, 1.82) is 0 Å². The van der Waals surface area contributed by atoms with Crippen molar-refractivity contribution in [1.82, 2.24) is 0 Å². The van der Waals surface area contributed by atoms with Crippen molar-refractivity contribution >= 4 is 11.6 Å². The summed E-state index contributed by atoms with van der Waals surface area (Å²) in [7, 11) is 0. The standard InChI is InChI=1S/C11H17Cl/c1-9(2)7-8-10-5-3-4-6-11(10)12/h5-6,9H,3-4,7-8H2,1-2H3. The number of hydrogen-bond acceptors (Lipinski definition) is 0.